The van der Waals surface area contributed by atoms with Crippen molar-refractivity contribution in [2.24, 2.45) is 0 Å². The van der Waals surface area contributed by atoms with E-state index in [1.165, 1.54) is 22.1 Å². The minimum atomic E-state index is 0.133. The van der Waals surface area contributed by atoms with Gasteiger partial charge in [0, 0.05) is 31.7 Å². The Morgan fingerprint density at radius 3 is 2.86 bits per heavy atom. The maximum Gasteiger partial charge on any atom is 0.219 e. The number of piperidine rings is 1. The maximum atomic E-state index is 11.6. The minimum Gasteiger partial charge on any atom is -0.361 e. The molecule has 0 bridgehead atoms. The van der Waals surface area contributed by atoms with Crippen LogP contribution in [-0.4, -0.2) is 28.9 Å². The topological polar surface area (TPSA) is 36.1 Å². The molecule has 1 aromatic heterocycles. The summed E-state index contributed by atoms with van der Waals surface area (Å²) in [5, 5.41) is 1.21. The number of likely N-dealkylation sites (tertiary alicyclic amines) is 1. The zero-order valence-corrected chi connectivity index (χ0v) is 12.6. The number of aromatic nitrogens is 1. The first-order valence-electron chi connectivity index (χ1n) is 7.27. The molecular weight excluding hydrogens is 260 g/mol. The molecule has 1 fully saturated rings. The molecule has 21 heavy (non-hydrogen) atoms. The number of rotatable bonds is 1. The zero-order chi connectivity index (χ0) is 15.0. The molecule has 0 aliphatic carbocycles. The number of carbonyl (C=O) groups excluding carboxylic acids is 1. The summed E-state index contributed by atoms with van der Waals surface area (Å²) in [5.41, 5.74) is 5.91. The third-order valence-corrected chi connectivity index (χ3v) is 4.34. The number of nitrogens with zero attached hydrogens (tertiary/aromatic N) is 1. The van der Waals surface area contributed by atoms with E-state index in [1.807, 2.05) is 11.1 Å². The highest BCUT2D eigenvalue weighted by Gasteiger charge is 2.21. The molecule has 0 unspecified atom stereocenters. The van der Waals surface area contributed by atoms with Crippen molar-refractivity contribution in [3.8, 4) is 0 Å². The van der Waals surface area contributed by atoms with Crippen LogP contribution in [0, 0.1) is 0 Å². The van der Waals surface area contributed by atoms with E-state index in [0.717, 1.165) is 24.1 Å². The van der Waals surface area contributed by atoms with Crippen LogP contribution in [0.3, 0.4) is 0 Å². The summed E-state index contributed by atoms with van der Waals surface area (Å²) < 4.78 is 0. The molecule has 0 radical (unpaired) electrons. The van der Waals surface area contributed by atoms with Crippen LogP contribution in [0.5, 0.6) is 0 Å². The highest BCUT2D eigenvalue weighted by molar-refractivity contribution is 5.85. The van der Waals surface area contributed by atoms with E-state index in [9.17, 15) is 4.79 Å². The van der Waals surface area contributed by atoms with Crippen molar-refractivity contribution >= 4 is 22.4 Å². The van der Waals surface area contributed by atoms with Crippen molar-refractivity contribution in [2.45, 2.75) is 20.3 Å². The van der Waals surface area contributed by atoms with Gasteiger partial charge in [0.05, 0.1) is 0 Å². The second-order valence-corrected chi connectivity index (χ2v) is 5.68. The number of aromatic amines is 1. The van der Waals surface area contributed by atoms with Crippen molar-refractivity contribution in [1.29, 1.82) is 0 Å². The molecule has 108 valence electrons. The number of nitrogens with one attached hydrogen (secondary N) is 1. The van der Waals surface area contributed by atoms with Gasteiger partial charge in [-0.2, -0.15) is 0 Å². The fraction of sp³-hybridized carbons (Fsp3) is 0.278. The van der Waals surface area contributed by atoms with E-state index in [2.05, 4.69) is 42.8 Å². The molecule has 0 atom stereocenters. The molecule has 1 aliphatic heterocycles. The average Bonchev–Trinajstić information content (AvgIpc) is 2.94. The first-order valence-corrected chi connectivity index (χ1v) is 7.27. The second-order valence-electron chi connectivity index (χ2n) is 5.68. The molecule has 0 spiro atoms. The number of carbonyl (C=O) groups is 1. The second kappa shape index (κ2) is 5.24. The lowest BCUT2D eigenvalue weighted by atomic mass is 9.91. The van der Waals surface area contributed by atoms with Gasteiger partial charge in [-0.3, -0.25) is 4.79 Å². The number of allylic oxidation sites excluding steroid dienone is 1. The van der Waals surface area contributed by atoms with Gasteiger partial charge >= 0.3 is 0 Å². The van der Waals surface area contributed by atoms with Crippen molar-refractivity contribution in [3.05, 3.63) is 53.8 Å². The number of H-pyrrole nitrogens is 1. The summed E-state index contributed by atoms with van der Waals surface area (Å²) in [7, 11) is 0. The lowest BCUT2D eigenvalue weighted by Crippen LogP contribution is -2.36. The van der Waals surface area contributed by atoms with E-state index in [-0.39, 0.29) is 5.91 Å². The SMILES string of the molecule is C=C1CCN(C(C)=O)C/C1=C(/C)c1ccc2[nH]ccc2c1. The van der Waals surface area contributed by atoms with Gasteiger partial charge in [-0.25, -0.2) is 0 Å². The summed E-state index contributed by atoms with van der Waals surface area (Å²) in [4.78, 5) is 16.7. The molecule has 0 saturated carbocycles. The largest absolute Gasteiger partial charge is 0.361 e. The quantitative estimate of drug-likeness (QED) is 0.848. The maximum absolute atomic E-state index is 11.6. The predicted molar refractivity (Wildman–Crippen MR) is 86.9 cm³/mol. The van der Waals surface area contributed by atoms with E-state index >= 15 is 0 Å². The Morgan fingerprint density at radius 1 is 1.29 bits per heavy atom. The zero-order valence-electron chi connectivity index (χ0n) is 12.6. The highest BCUT2D eigenvalue weighted by atomic mass is 16.2. The molecule has 3 rings (SSSR count). The molecule has 1 amide bonds. The minimum absolute atomic E-state index is 0.133. The lowest BCUT2D eigenvalue weighted by Gasteiger charge is -2.30. The standard InChI is InChI=1S/C18H20N2O/c1-12-7-9-20(14(3)21)11-17(12)13(2)15-4-5-18-16(10-15)6-8-19-18/h4-6,8,10,19H,1,7,9,11H2,2-3H3/b17-13+. The van der Waals surface area contributed by atoms with Gasteiger partial charge in [0.2, 0.25) is 5.91 Å². The number of hydrogen-bond donors (Lipinski definition) is 1. The van der Waals surface area contributed by atoms with Gasteiger partial charge < -0.3 is 9.88 Å². The first kappa shape index (κ1) is 13.7. The van der Waals surface area contributed by atoms with E-state index < -0.39 is 0 Å². The smallest absolute Gasteiger partial charge is 0.219 e. The van der Waals surface area contributed by atoms with Crippen LogP contribution < -0.4 is 0 Å². The van der Waals surface area contributed by atoms with Crippen LogP contribution >= 0.6 is 0 Å². The van der Waals surface area contributed by atoms with Gasteiger partial charge in [-0.15, -0.1) is 0 Å². The molecule has 1 saturated heterocycles. The molecule has 1 aliphatic rings. The van der Waals surface area contributed by atoms with Gasteiger partial charge in [-0.1, -0.05) is 12.6 Å². The molecule has 2 aromatic rings. The van der Waals surface area contributed by atoms with Crippen molar-refractivity contribution in [3.63, 3.8) is 0 Å². The Kier molecular flexibility index (Phi) is 3.42. The average molecular weight is 280 g/mol. The Morgan fingerprint density at radius 2 is 2.10 bits per heavy atom. The Balaban J connectivity index is 2.01. The fourth-order valence-corrected chi connectivity index (χ4v) is 2.92. The molecule has 3 nitrogen and oxygen atoms in total. The van der Waals surface area contributed by atoms with Crippen molar-refractivity contribution in [2.75, 3.05) is 13.1 Å². The fourth-order valence-electron chi connectivity index (χ4n) is 2.92. The number of hydrogen-bond acceptors (Lipinski definition) is 1. The molecule has 2 heterocycles. The van der Waals surface area contributed by atoms with E-state index in [1.54, 1.807) is 6.92 Å². The van der Waals surface area contributed by atoms with Crippen LogP contribution in [0.15, 0.2) is 48.2 Å². The lowest BCUT2D eigenvalue weighted by molar-refractivity contribution is -0.128. The van der Waals surface area contributed by atoms with Gasteiger partial charge in [0.15, 0.2) is 0 Å². The molecule has 1 N–H and O–H groups in total. The Bertz CT molecular complexity index is 751. The summed E-state index contributed by atoms with van der Waals surface area (Å²) >= 11 is 0. The summed E-state index contributed by atoms with van der Waals surface area (Å²) in [6.07, 6.45) is 2.81. The molecular formula is C18H20N2O. The van der Waals surface area contributed by atoms with Crippen LogP contribution in [0.4, 0.5) is 0 Å². The van der Waals surface area contributed by atoms with Crippen LogP contribution in [0.1, 0.15) is 25.8 Å². The predicted octanol–water partition coefficient (Wildman–Crippen LogP) is 3.75. The van der Waals surface area contributed by atoms with Crippen molar-refractivity contribution < 1.29 is 4.79 Å². The van der Waals surface area contributed by atoms with E-state index in [4.69, 9.17) is 0 Å². The Labute approximate surface area is 125 Å². The van der Waals surface area contributed by atoms with Gasteiger partial charge in [0.1, 0.15) is 0 Å². The van der Waals surface area contributed by atoms with Gasteiger partial charge in [0.25, 0.3) is 0 Å². The molecule has 1 aromatic carbocycles. The van der Waals surface area contributed by atoms with Crippen molar-refractivity contribution in [1.82, 2.24) is 9.88 Å². The summed E-state index contributed by atoms with van der Waals surface area (Å²) in [6, 6.07) is 8.49. The van der Waals surface area contributed by atoms with Crippen LogP contribution in [0.25, 0.3) is 16.5 Å². The Hall–Kier alpha value is -2.29. The molecule has 3 heteroatoms. The normalized spacial score (nSPS) is 18.2. The third-order valence-electron chi connectivity index (χ3n) is 4.34. The number of amides is 1. The van der Waals surface area contributed by atoms with Crippen LogP contribution in [0.2, 0.25) is 0 Å². The monoisotopic (exact) mass is 280 g/mol. The third kappa shape index (κ3) is 2.51. The van der Waals surface area contributed by atoms with Gasteiger partial charge in [-0.05, 0) is 59.2 Å². The highest BCUT2D eigenvalue weighted by Crippen LogP contribution is 2.30. The first-order chi connectivity index (χ1) is 10.1. The summed E-state index contributed by atoms with van der Waals surface area (Å²) in [6.45, 7) is 9.39. The summed E-state index contributed by atoms with van der Waals surface area (Å²) in [5.74, 6) is 0.133. The number of fused-ring (bicyclic) bond motifs is 1. The van der Waals surface area contributed by atoms with E-state index in [0.29, 0.717) is 6.54 Å². The van der Waals surface area contributed by atoms with Crippen LogP contribution in [-0.2, 0) is 4.79 Å². The number of benzene rings is 1.